The van der Waals surface area contributed by atoms with Crippen molar-refractivity contribution in [1.29, 1.82) is 0 Å². The van der Waals surface area contributed by atoms with Crippen LogP contribution in [0.5, 0.6) is 0 Å². The molecule has 0 radical (unpaired) electrons. The van der Waals surface area contributed by atoms with Crippen molar-refractivity contribution in [3.05, 3.63) is 12.2 Å². The van der Waals surface area contributed by atoms with E-state index in [1.165, 1.54) is 173 Å². The Kier molecular flexibility index (Phi) is 37.2. The average molecular weight is 666 g/mol. The van der Waals surface area contributed by atoms with E-state index >= 15 is 0 Å². The fraction of sp³-hybridized carbons (Fsp3) is 0.929. The summed E-state index contributed by atoms with van der Waals surface area (Å²) in [6.07, 6.45) is 43.5. The Balaban J connectivity index is 3.63. The van der Waals surface area contributed by atoms with Crippen molar-refractivity contribution in [2.75, 3.05) is 6.61 Å². The van der Waals surface area contributed by atoms with Gasteiger partial charge < -0.3 is 20.6 Å². The maximum Gasteiger partial charge on any atom is 0.222 e. The number of rotatable bonds is 38. The molecule has 3 unspecified atom stereocenters. The molecule has 5 heteroatoms. The molecule has 280 valence electrons. The first-order valence-corrected chi connectivity index (χ1v) is 21.0. The molecule has 0 aromatic heterocycles. The maximum absolute atomic E-state index is 12.4. The highest BCUT2D eigenvalue weighted by Gasteiger charge is 2.20. The van der Waals surface area contributed by atoms with Crippen molar-refractivity contribution in [2.45, 2.75) is 244 Å². The number of unbranched alkanes of at least 4 members (excludes halogenated alkanes) is 29. The summed E-state index contributed by atoms with van der Waals surface area (Å²) in [7, 11) is 0. The molecule has 0 aliphatic carbocycles. The molecule has 0 rings (SSSR count). The lowest BCUT2D eigenvalue weighted by molar-refractivity contribution is -0.124. The van der Waals surface area contributed by atoms with Crippen molar-refractivity contribution < 1.29 is 20.1 Å². The summed E-state index contributed by atoms with van der Waals surface area (Å²) in [6, 6.07) is -0.738. The summed E-state index contributed by atoms with van der Waals surface area (Å²) >= 11 is 0. The largest absolute Gasteiger partial charge is 0.394 e. The van der Waals surface area contributed by atoms with Crippen molar-refractivity contribution in [3.8, 4) is 0 Å². The molecule has 0 bridgehead atoms. The second-order valence-corrected chi connectivity index (χ2v) is 14.6. The molecule has 0 aromatic carbocycles. The molecule has 5 nitrogen and oxygen atoms in total. The topological polar surface area (TPSA) is 89.8 Å². The van der Waals surface area contributed by atoms with E-state index in [9.17, 15) is 20.1 Å². The quantitative estimate of drug-likeness (QED) is 0.0390. The standard InChI is InChI=1S/C42H83NO4/c1-3-5-7-9-11-13-15-16-17-18-19-20-21-22-23-24-26-28-30-32-34-36-41(46)40(38-44)43-42(47)37-39(45)35-33-31-29-27-25-14-12-10-8-6-4-2/h34,36,39-41,44-46H,3-33,35,37-38H2,1-2H3,(H,43,47)/b36-34+. The molecule has 0 fully saturated rings. The number of carbonyl (C=O) groups is 1. The van der Waals surface area contributed by atoms with E-state index in [2.05, 4.69) is 19.2 Å². The zero-order chi connectivity index (χ0) is 34.5. The first kappa shape index (κ1) is 46.1. The number of carbonyl (C=O) groups excluding carboxylic acids is 1. The first-order valence-electron chi connectivity index (χ1n) is 21.0. The number of aliphatic hydroxyl groups excluding tert-OH is 3. The number of nitrogens with one attached hydrogen (secondary N) is 1. The van der Waals surface area contributed by atoms with E-state index in [1.807, 2.05) is 6.08 Å². The van der Waals surface area contributed by atoms with Gasteiger partial charge in [0, 0.05) is 0 Å². The lowest BCUT2D eigenvalue weighted by Crippen LogP contribution is -2.45. The summed E-state index contributed by atoms with van der Waals surface area (Å²) in [6.45, 7) is 4.21. The van der Waals surface area contributed by atoms with Gasteiger partial charge in [0.25, 0.3) is 0 Å². The summed E-state index contributed by atoms with van der Waals surface area (Å²) < 4.78 is 0. The van der Waals surface area contributed by atoms with Crippen LogP contribution >= 0.6 is 0 Å². The van der Waals surface area contributed by atoms with Gasteiger partial charge >= 0.3 is 0 Å². The highest BCUT2D eigenvalue weighted by Crippen LogP contribution is 2.16. The lowest BCUT2D eigenvalue weighted by atomic mass is 10.0. The fourth-order valence-corrected chi connectivity index (χ4v) is 6.58. The fourth-order valence-electron chi connectivity index (χ4n) is 6.58. The Labute approximate surface area is 293 Å². The van der Waals surface area contributed by atoms with Gasteiger partial charge in [0.15, 0.2) is 0 Å². The molecule has 47 heavy (non-hydrogen) atoms. The molecule has 3 atom stereocenters. The predicted octanol–water partition coefficient (Wildman–Crippen LogP) is 11.7. The molecule has 0 heterocycles. The minimum absolute atomic E-state index is 0.0179. The smallest absolute Gasteiger partial charge is 0.222 e. The normalized spacial score (nSPS) is 13.7. The first-order chi connectivity index (χ1) is 23.0. The molecule has 0 spiro atoms. The third-order valence-electron chi connectivity index (χ3n) is 9.82. The Morgan fingerprint density at radius 1 is 0.532 bits per heavy atom. The van der Waals surface area contributed by atoms with E-state index in [0.29, 0.717) is 6.42 Å². The predicted molar refractivity (Wildman–Crippen MR) is 204 cm³/mol. The van der Waals surface area contributed by atoms with Gasteiger partial charge in [-0.2, -0.15) is 0 Å². The van der Waals surface area contributed by atoms with E-state index in [1.54, 1.807) is 6.08 Å². The Hall–Kier alpha value is -0.910. The third kappa shape index (κ3) is 34.7. The van der Waals surface area contributed by atoms with Crippen LogP contribution in [0.25, 0.3) is 0 Å². The number of allylic oxidation sites excluding steroid dienone is 1. The SMILES string of the molecule is CCCCCCCCCCCCCCCCCCCCC/C=C/C(O)C(CO)NC(=O)CC(O)CCCCCCCCCCCCC. The molecule has 4 N–H and O–H groups in total. The highest BCUT2D eigenvalue weighted by molar-refractivity contribution is 5.76. The minimum Gasteiger partial charge on any atom is -0.394 e. The Bertz CT molecular complexity index is 655. The average Bonchev–Trinajstić information content (AvgIpc) is 3.06. The molecule has 0 saturated carbocycles. The third-order valence-corrected chi connectivity index (χ3v) is 9.82. The van der Waals surface area contributed by atoms with Crippen LogP contribution in [0.2, 0.25) is 0 Å². The summed E-state index contributed by atoms with van der Waals surface area (Å²) in [5.41, 5.74) is 0. The Morgan fingerprint density at radius 2 is 0.872 bits per heavy atom. The van der Waals surface area contributed by atoms with Crippen molar-refractivity contribution in [2.24, 2.45) is 0 Å². The Morgan fingerprint density at radius 3 is 1.23 bits per heavy atom. The highest BCUT2D eigenvalue weighted by atomic mass is 16.3. The van der Waals surface area contributed by atoms with Crippen molar-refractivity contribution in [1.82, 2.24) is 5.32 Å². The van der Waals surface area contributed by atoms with Crippen LogP contribution in [0.3, 0.4) is 0 Å². The van der Waals surface area contributed by atoms with E-state index in [0.717, 1.165) is 25.7 Å². The summed E-state index contributed by atoms with van der Waals surface area (Å²) in [5, 5.41) is 33.1. The van der Waals surface area contributed by atoms with Crippen LogP contribution in [-0.2, 0) is 4.79 Å². The van der Waals surface area contributed by atoms with Gasteiger partial charge in [-0.05, 0) is 19.3 Å². The summed E-state index contributed by atoms with van der Waals surface area (Å²) in [4.78, 5) is 12.4. The molecule has 0 aromatic rings. The van der Waals surface area contributed by atoms with Gasteiger partial charge in [-0.15, -0.1) is 0 Å². The molecule has 0 aliphatic rings. The number of amides is 1. The number of aliphatic hydroxyl groups is 3. The summed E-state index contributed by atoms with van der Waals surface area (Å²) in [5.74, 6) is -0.314. The van der Waals surface area contributed by atoms with Gasteiger partial charge in [-0.25, -0.2) is 0 Å². The molecule has 0 aliphatic heterocycles. The van der Waals surface area contributed by atoms with E-state index < -0.39 is 18.2 Å². The van der Waals surface area contributed by atoms with Crippen LogP contribution < -0.4 is 5.32 Å². The van der Waals surface area contributed by atoms with Crippen LogP contribution in [0, 0.1) is 0 Å². The molecular weight excluding hydrogens is 582 g/mol. The monoisotopic (exact) mass is 666 g/mol. The zero-order valence-corrected chi connectivity index (χ0v) is 31.7. The van der Waals surface area contributed by atoms with Gasteiger partial charge in [-0.1, -0.05) is 212 Å². The molecule has 0 saturated heterocycles. The van der Waals surface area contributed by atoms with Crippen molar-refractivity contribution >= 4 is 5.91 Å². The van der Waals surface area contributed by atoms with Crippen molar-refractivity contribution in [3.63, 3.8) is 0 Å². The molecule has 1 amide bonds. The van der Waals surface area contributed by atoms with Gasteiger partial charge in [0.2, 0.25) is 5.91 Å². The second-order valence-electron chi connectivity index (χ2n) is 14.6. The minimum atomic E-state index is -0.923. The molecular formula is C42H83NO4. The van der Waals surface area contributed by atoms with Gasteiger partial charge in [0.05, 0.1) is 31.3 Å². The number of hydrogen-bond acceptors (Lipinski definition) is 4. The van der Waals surface area contributed by atoms with E-state index in [-0.39, 0.29) is 18.9 Å². The zero-order valence-electron chi connectivity index (χ0n) is 31.7. The van der Waals surface area contributed by atoms with Crippen LogP contribution in [0.1, 0.15) is 226 Å². The van der Waals surface area contributed by atoms with Crippen LogP contribution in [0.4, 0.5) is 0 Å². The van der Waals surface area contributed by atoms with Gasteiger partial charge in [0.1, 0.15) is 0 Å². The lowest BCUT2D eigenvalue weighted by Gasteiger charge is -2.21. The second kappa shape index (κ2) is 37.9. The van der Waals surface area contributed by atoms with Gasteiger partial charge in [-0.3, -0.25) is 4.79 Å². The van der Waals surface area contributed by atoms with Crippen LogP contribution in [-0.4, -0.2) is 46.1 Å². The van der Waals surface area contributed by atoms with Crippen LogP contribution in [0.15, 0.2) is 12.2 Å². The number of hydrogen-bond donors (Lipinski definition) is 4. The maximum atomic E-state index is 12.4. The van der Waals surface area contributed by atoms with E-state index in [4.69, 9.17) is 0 Å².